The van der Waals surface area contributed by atoms with Gasteiger partial charge >= 0.3 is 0 Å². The van der Waals surface area contributed by atoms with E-state index >= 15 is 0 Å². The van der Waals surface area contributed by atoms with Gasteiger partial charge < -0.3 is 19.9 Å². The number of hydrogen-bond donors (Lipinski definition) is 3. The maximum Gasteiger partial charge on any atom is 0.282 e. The highest BCUT2D eigenvalue weighted by atomic mass is 35.5. The molecule has 1 saturated heterocycles. The number of amides is 1. The average Bonchev–Trinajstić information content (AvgIpc) is 2.68. The molecule has 28 heavy (non-hydrogen) atoms. The van der Waals surface area contributed by atoms with E-state index in [1.807, 2.05) is 25.1 Å². The fourth-order valence-corrected chi connectivity index (χ4v) is 4.06. The lowest BCUT2D eigenvalue weighted by Gasteiger charge is -2.32. The molecule has 1 atom stereocenters. The van der Waals surface area contributed by atoms with E-state index in [1.165, 1.54) is 15.4 Å². The van der Waals surface area contributed by atoms with Crippen molar-refractivity contribution in [1.29, 1.82) is 0 Å². The summed E-state index contributed by atoms with van der Waals surface area (Å²) in [6.45, 7) is 6.91. The van der Waals surface area contributed by atoms with Crippen LogP contribution in [0.5, 0.6) is 5.75 Å². The Bertz CT molecular complexity index is 823. The Kier molecular flexibility index (Phi) is 7.18. The van der Waals surface area contributed by atoms with Gasteiger partial charge in [0.05, 0.1) is 12.8 Å². The maximum atomic E-state index is 12.7. The highest BCUT2D eigenvalue weighted by Crippen LogP contribution is 2.27. The van der Waals surface area contributed by atoms with Crippen LogP contribution in [0.25, 0.3) is 0 Å². The monoisotopic (exact) mass is 423 g/mol. The number of carbonyl (C=O) groups is 1. The highest BCUT2D eigenvalue weighted by molar-refractivity contribution is 6.31. The van der Waals surface area contributed by atoms with Crippen molar-refractivity contribution in [3.8, 4) is 5.75 Å². The van der Waals surface area contributed by atoms with Gasteiger partial charge in [0.25, 0.3) is 5.91 Å². The van der Waals surface area contributed by atoms with Gasteiger partial charge in [-0.15, -0.1) is 0 Å². The predicted octanol–water partition coefficient (Wildman–Crippen LogP) is 1.31. The number of piperazine rings is 1. The van der Waals surface area contributed by atoms with Crippen LogP contribution in [0.4, 0.5) is 5.69 Å². The van der Waals surface area contributed by atoms with Crippen LogP contribution in [0.2, 0.25) is 10.0 Å². The Labute approximate surface area is 176 Å². The summed E-state index contributed by atoms with van der Waals surface area (Å²) < 4.78 is 5.31. The summed E-state index contributed by atoms with van der Waals surface area (Å²) in [7, 11) is 1.58. The number of rotatable bonds is 6. The van der Waals surface area contributed by atoms with Crippen molar-refractivity contribution in [2.75, 3.05) is 38.6 Å². The summed E-state index contributed by atoms with van der Waals surface area (Å²) in [5, 5.41) is 4.31. The maximum absolute atomic E-state index is 12.7. The molecule has 0 aliphatic carbocycles. The molecule has 0 unspecified atom stereocenters. The second-order valence-electron chi connectivity index (χ2n) is 7.27. The lowest BCUT2D eigenvalue weighted by Crippen LogP contribution is -3.29. The zero-order valence-corrected chi connectivity index (χ0v) is 17.7. The van der Waals surface area contributed by atoms with Gasteiger partial charge in [0.1, 0.15) is 38.5 Å². The third kappa shape index (κ3) is 5.39. The molecular formula is C21H27Cl2N3O2+2. The topological polar surface area (TPSA) is 47.2 Å². The number of carbonyl (C=O) groups excluding carboxylic acids is 1. The van der Waals surface area contributed by atoms with E-state index in [-0.39, 0.29) is 11.9 Å². The standard InChI is InChI=1S/C21H25Cl2N3O2/c1-15(21(27)24-19-13-18(23)6-7-20(19)28-2)26-10-8-25(9-11-26)14-16-4-3-5-17(22)12-16/h3-7,12-13,15H,8-11,14H2,1-2H3,(H,24,27)/p+2/t15-/m0/s1. The molecule has 2 aromatic rings. The van der Waals surface area contributed by atoms with E-state index < -0.39 is 0 Å². The molecular weight excluding hydrogens is 397 g/mol. The van der Waals surface area contributed by atoms with Crippen LogP contribution in [0.3, 0.4) is 0 Å². The van der Waals surface area contributed by atoms with Crippen LogP contribution in [-0.4, -0.2) is 45.2 Å². The number of benzene rings is 2. The lowest BCUT2D eigenvalue weighted by atomic mass is 10.1. The van der Waals surface area contributed by atoms with Gasteiger partial charge in [-0.05, 0) is 37.3 Å². The lowest BCUT2D eigenvalue weighted by molar-refractivity contribution is -1.02. The van der Waals surface area contributed by atoms with E-state index in [1.54, 1.807) is 25.3 Å². The molecule has 0 saturated carbocycles. The van der Waals surface area contributed by atoms with E-state index in [0.717, 1.165) is 37.7 Å². The zero-order valence-electron chi connectivity index (χ0n) is 16.2. The summed E-state index contributed by atoms with van der Waals surface area (Å²) in [5.41, 5.74) is 1.86. The molecule has 0 bridgehead atoms. The van der Waals surface area contributed by atoms with Gasteiger partial charge in [0.15, 0.2) is 6.04 Å². The number of ether oxygens (including phenoxy) is 1. The summed E-state index contributed by atoms with van der Waals surface area (Å²) in [6, 6.07) is 13.1. The van der Waals surface area contributed by atoms with Crippen molar-refractivity contribution in [3.63, 3.8) is 0 Å². The van der Waals surface area contributed by atoms with Crippen LogP contribution < -0.4 is 19.9 Å². The number of anilines is 1. The number of halogens is 2. The number of nitrogens with one attached hydrogen (secondary N) is 3. The molecule has 0 radical (unpaired) electrons. The SMILES string of the molecule is COc1ccc(Cl)cc1NC(=O)[C@H](C)[NH+]1CC[NH+](Cc2cccc(Cl)c2)CC1. The molecule has 0 spiro atoms. The largest absolute Gasteiger partial charge is 0.495 e. The predicted molar refractivity (Wildman–Crippen MR) is 113 cm³/mol. The Balaban J connectivity index is 1.54. The van der Waals surface area contributed by atoms with Crippen LogP contribution in [-0.2, 0) is 11.3 Å². The molecule has 1 aliphatic heterocycles. The van der Waals surface area contributed by atoms with Crippen LogP contribution in [0.15, 0.2) is 42.5 Å². The average molecular weight is 424 g/mol. The third-order valence-electron chi connectivity index (χ3n) is 5.37. The molecule has 3 rings (SSSR count). The van der Waals surface area contributed by atoms with Crippen LogP contribution in [0, 0.1) is 0 Å². The van der Waals surface area contributed by atoms with Crippen molar-refractivity contribution >= 4 is 34.8 Å². The molecule has 0 aromatic heterocycles. The quantitative estimate of drug-likeness (QED) is 0.655. The fraction of sp³-hybridized carbons (Fsp3) is 0.381. The van der Waals surface area contributed by atoms with Gasteiger partial charge in [-0.1, -0.05) is 35.3 Å². The number of hydrogen-bond acceptors (Lipinski definition) is 2. The van der Waals surface area contributed by atoms with Gasteiger partial charge in [-0.2, -0.15) is 0 Å². The third-order valence-corrected chi connectivity index (χ3v) is 5.84. The molecule has 1 heterocycles. The molecule has 1 aliphatic rings. The van der Waals surface area contributed by atoms with Gasteiger partial charge in [-0.25, -0.2) is 0 Å². The van der Waals surface area contributed by atoms with Gasteiger partial charge in [0.2, 0.25) is 0 Å². The molecule has 5 nitrogen and oxygen atoms in total. The Morgan fingerprint density at radius 1 is 1.11 bits per heavy atom. The van der Waals surface area contributed by atoms with Crippen molar-refractivity contribution in [3.05, 3.63) is 58.1 Å². The van der Waals surface area contributed by atoms with Crippen LogP contribution in [0.1, 0.15) is 12.5 Å². The first-order valence-corrected chi connectivity index (χ1v) is 10.3. The first kappa shape index (κ1) is 20.9. The Hall–Kier alpha value is -1.79. The fourth-order valence-electron chi connectivity index (χ4n) is 3.67. The summed E-state index contributed by atoms with van der Waals surface area (Å²) in [6.07, 6.45) is 0. The minimum atomic E-state index is -0.142. The molecule has 1 amide bonds. The summed E-state index contributed by atoms with van der Waals surface area (Å²) >= 11 is 12.1. The summed E-state index contributed by atoms with van der Waals surface area (Å²) in [5.74, 6) is 0.588. The minimum absolute atomic E-state index is 0.0196. The first-order chi connectivity index (χ1) is 13.5. The highest BCUT2D eigenvalue weighted by Gasteiger charge is 2.31. The van der Waals surface area contributed by atoms with E-state index in [2.05, 4.69) is 11.4 Å². The molecule has 1 fully saturated rings. The summed E-state index contributed by atoms with van der Waals surface area (Å²) in [4.78, 5) is 15.6. The Morgan fingerprint density at radius 2 is 1.82 bits per heavy atom. The zero-order chi connectivity index (χ0) is 20.1. The molecule has 7 heteroatoms. The van der Waals surface area contributed by atoms with E-state index in [0.29, 0.717) is 16.5 Å². The van der Waals surface area contributed by atoms with Crippen molar-refractivity contribution in [2.24, 2.45) is 0 Å². The van der Waals surface area contributed by atoms with Crippen molar-refractivity contribution < 1.29 is 19.3 Å². The smallest absolute Gasteiger partial charge is 0.282 e. The number of methoxy groups -OCH3 is 1. The molecule has 2 aromatic carbocycles. The normalized spacial score (nSPS) is 20.4. The van der Waals surface area contributed by atoms with E-state index in [4.69, 9.17) is 27.9 Å². The molecule has 3 N–H and O–H groups in total. The second-order valence-corrected chi connectivity index (χ2v) is 8.14. The van der Waals surface area contributed by atoms with Gasteiger partial charge in [0, 0.05) is 15.6 Å². The van der Waals surface area contributed by atoms with E-state index in [9.17, 15) is 4.79 Å². The van der Waals surface area contributed by atoms with Crippen molar-refractivity contribution in [2.45, 2.75) is 19.5 Å². The Morgan fingerprint density at radius 3 is 2.50 bits per heavy atom. The van der Waals surface area contributed by atoms with Gasteiger partial charge in [-0.3, -0.25) is 4.79 Å². The second kappa shape index (κ2) is 9.61. The van der Waals surface area contributed by atoms with Crippen molar-refractivity contribution in [1.82, 2.24) is 0 Å². The minimum Gasteiger partial charge on any atom is -0.495 e. The number of quaternary nitrogens is 2. The first-order valence-electron chi connectivity index (χ1n) is 9.53. The van der Waals surface area contributed by atoms with Crippen LogP contribution >= 0.6 is 23.2 Å². The molecule has 150 valence electrons.